The molecule has 0 bridgehead atoms. The second-order valence-electron chi connectivity index (χ2n) is 8.69. The van der Waals surface area contributed by atoms with Crippen molar-refractivity contribution >= 4 is 68.2 Å². The number of Topliss-reactive ketones (excluding diaryl/α,β-unsaturated/α-hetero) is 1. The summed E-state index contributed by atoms with van der Waals surface area (Å²) in [6, 6.07) is 8.66. The Morgan fingerprint density at radius 2 is 1.72 bits per heavy atom. The topological polar surface area (TPSA) is 213 Å². The molecule has 5 N–H and O–H groups in total. The highest BCUT2D eigenvalue weighted by Gasteiger charge is 2.30. The summed E-state index contributed by atoms with van der Waals surface area (Å²) in [6.07, 6.45) is 0.394. The number of oxazole rings is 1. The fourth-order valence-corrected chi connectivity index (χ4v) is 6.26. The van der Waals surface area contributed by atoms with Crippen LogP contribution in [0.25, 0.3) is 11.3 Å². The minimum Gasteiger partial charge on any atom is -0.507 e. The van der Waals surface area contributed by atoms with E-state index in [1.165, 1.54) is 18.3 Å². The van der Waals surface area contributed by atoms with Gasteiger partial charge in [0.15, 0.2) is 5.76 Å². The molecule has 0 aliphatic heterocycles. The monoisotopic (exact) mass is 667 g/mol. The number of aliphatic carboxylic acids is 1. The summed E-state index contributed by atoms with van der Waals surface area (Å²) in [5.41, 5.74) is -0.331. The van der Waals surface area contributed by atoms with E-state index >= 15 is 0 Å². The van der Waals surface area contributed by atoms with Crippen molar-refractivity contribution in [3.8, 4) is 17.1 Å². The van der Waals surface area contributed by atoms with Crippen LogP contribution in [-0.4, -0.2) is 58.4 Å². The minimum absolute atomic E-state index is 0.0334. The lowest BCUT2D eigenvalue weighted by Crippen LogP contribution is -2.42. The number of sulfonamides is 1. The van der Waals surface area contributed by atoms with Crippen LogP contribution < -0.4 is 10.0 Å². The van der Waals surface area contributed by atoms with Gasteiger partial charge in [0.25, 0.3) is 11.8 Å². The molecule has 2 heterocycles. The molecule has 0 aliphatic carbocycles. The Labute approximate surface area is 256 Å². The van der Waals surface area contributed by atoms with Crippen LogP contribution in [0.5, 0.6) is 5.75 Å². The number of ketones is 1. The third kappa shape index (κ3) is 7.39. The number of rotatable bonds is 12. The maximum atomic E-state index is 13.1. The Bertz CT molecular complexity index is 1830. The van der Waals surface area contributed by atoms with Crippen LogP contribution in [0.4, 0.5) is 0 Å². The number of hydrogen-bond donors (Lipinski definition) is 5. The smallest absolute Gasteiger partial charge is 0.339 e. The number of hydrogen-bond acceptors (Lipinski definition) is 10. The number of aromatic nitrogens is 1. The Balaban J connectivity index is 1.46. The lowest BCUT2D eigenvalue weighted by Gasteiger charge is -2.13. The van der Waals surface area contributed by atoms with Gasteiger partial charge < -0.3 is 25.1 Å². The number of halogens is 2. The number of carbonyl (C=O) groups excluding carboxylic acids is 2. The summed E-state index contributed by atoms with van der Waals surface area (Å²) in [5.74, 6) is -5.69. The van der Waals surface area contributed by atoms with Crippen molar-refractivity contribution < 1.29 is 47.3 Å². The first-order chi connectivity index (χ1) is 20.3. The second-order valence-corrected chi connectivity index (χ2v) is 12.4. The fourth-order valence-electron chi connectivity index (χ4n) is 3.70. The lowest BCUT2D eigenvalue weighted by molar-refractivity contribution is -0.137. The van der Waals surface area contributed by atoms with E-state index in [-0.39, 0.29) is 32.8 Å². The van der Waals surface area contributed by atoms with E-state index in [1.807, 2.05) is 0 Å². The minimum atomic E-state index is -4.20. The van der Waals surface area contributed by atoms with E-state index in [2.05, 4.69) is 15.0 Å². The number of carboxylic acids is 2. The number of aromatic carboxylic acids is 1. The van der Waals surface area contributed by atoms with E-state index in [9.17, 15) is 37.8 Å². The maximum Gasteiger partial charge on any atom is 0.339 e. The lowest BCUT2D eigenvalue weighted by atomic mass is 10.1. The first-order valence-corrected chi connectivity index (χ1v) is 14.9. The van der Waals surface area contributed by atoms with Gasteiger partial charge >= 0.3 is 11.9 Å². The molecule has 4 rings (SSSR count). The molecule has 0 aliphatic rings. The molecule has 224 valence electrons. The maximum absolute atomic E-state index is 13.1. The van der Waals surface area contributed by atoms with Gasteiger partial charge in [0.05, 0.1) is 38.0 Å². The Hall–Kier alpha value is -4.28. The number of carbonyl (C=O) groups is 4. The van der Waals surface area contributed by atoms with Gasteiger partial charge in [0.2, 0.25) is 15.8 Å². The highest BCUT2D eigenvalue weighted by atomic mass is 35.5. The molecule has 0 saturated carbocycles. The molecule has 1 amide bonds. The van der Waals surface area contributed by atoms with Crippen molar-refractivity contribution in [1.82, 2.24) is 15.0 Å². The number of carboxylic acid groups (broad SMARTS) is 2. The zero-order valence-corrected chi connectivity index (χ0v) is 24.6. The van der Waals surface area contributed by atoms with Crippen LogP contribution in [0.15, 0.2) is 64.0 Å². The van der Waals surface area contributed by atoms with E-state index in [1.54, 1.807) is 18.2 Å². The SMILES string of the molecule is O=C(O)C[C@H](NC(=O)c1ccc(CNS(=O)(=O)c2ccc(O)c(C(=O)O)c2)s1)C(=O)c1ncc(-c2c(Cl)cccc2Cl)o1. The summed E-state index contributed by atoms with van der Waals surface area (Å²) < 4.78 is 33.0. The highest BCUT2D eigenvalue weighted by Crippen LogP contribution is 2.35. The van der Waals surface area contributed by atoms with Gasteiger partial charge in [-0.2, -0.15) is 0 Å². The van der Waals surface area contributed by atoms with Crippen LogP contribution in [0, 0.1) is 0 Å². The molecule has 13 nitrogen and oxygen atoms in total. The van der Waals surface area contributed by atoms with Crippen molar-refractivity contribution in [2.45, 2.75) is 23.9 Å². The Kier molecular flexibility index (Phi) is 9.52. The van der Waals surface area contributed by atoms with Gasteiger partial charge in [-0.05, 0) is 42.5 Å². The average Bonchev–Trinajstić information content (AvgIpc) is 3.61. The van der Waals surface area contributed by atoms with Gasteiger partial charge in [-0.25, -0.2) is 22.9 Å². The van der Waals surface area contributed by atoms with Gasteiger partial charge in [-0.15, -0.1) is 11.3 Å². The van der Waals surface area contributed by atoms with Crippen LogP contribution >= 0.6 is 34.5 Å². The number of phenols is 1. The van der Waals surface area contributed by atoms with Crippen molar-refractivity contribution in [1.29, 1.82) is 0 Å². The second kappa shape index (κ2) is 12.9. The number of amides is 1. The summed E-state index contributed by atoms with van der Waals surface area (Å²) in [5, 5.41) is 30.8. The van der Waals surface area contributed by atoms with Gasteiger partial charge in [-0.3, -0.25) is 14.4 Å². The molecule has 0 unspecified atom stereocenters. The zero-order valence-electron chi connectivity index (χ0n) is 21.4. The van der Waals surface area contributed by atoms with Crippen molar-refractivity contribution in [2.24, 2.45) is 0 Å². The molecule has 2 aromatic heterocycles. The number of nitrogens with one attached hydrogen (secondary N) is 2. The van der Waals surface area contributed by atoms with E-state index in [0.29, 0.717) is 4.88 Å². The number of benzene rings is 2. The Morgan fingerprint density at radius 3 is 2.37 bits per heavy atom. The highest BCUT2D eigenvalue weighted by molar-refractivity contribution is 7.89. The van der Waals surface area contributed by atoms with E-state index < -0.39 is 68.2 Å². The van der Waals surface area contributed by atoms with Crippen LogP contribution in [-0.2, 0) is 21.4 Å². The first-order valence-electron chi connectivity index (χ1n) is 11.9. The largest absolute Gasteiger partial charge is 0.507 e. The third-order valence-electron chi connectivity index (χ3n) is 5.76. The Morgan fingerprint density at radius 1 is 1.02 bits per heavy atom. The molecule has 4 aromatic rings. The van der Waals surface area contributed by atoms with Gasteiger partial charge in [0, 0.05) is 11.4 Å². The van der Waals surface area contributed by atoms with Gasteiger partial charge in [0.1, 0.15) is 17.4 Å². The van der Waals surface area contributed by atoms with Gasteiger partial charge in [-0.1, -0.05) is 29.3 Å². The average molecular weight is 668 g/mol. The zero-order chi connectivity index (χ0) is 31.5. The number of nitrogens with zero attached hydrogens (tertiary/aromatic N) is 1. The fraction of sp³-hybridized carbons (Fsp3) is 0.115. The predicted octanol–water partition coefficient (Wildman–Crippen LogP) is 4.05. The quantitative estimate of drug-likeness (QED) is 0.136. The molecular weight excluding hydrogens is 649 g/mol. The van der Waals surface area contributed by atoms with Crippen molar-refractivity contribution in [3.05, 3.63) is 86.0 Å². The molecule has 0 radical (unpaired) electrons. The molecule has 1 atom stereocenters. The van der Waals surface area contributed by atoms with Crippen LogP contribution in [0.2, 0.25) is 10.0 Å². The molecule has 0 fully saturated rings. The van der Waals surface area contributed by atoms with E-state index in [4.69, 9.17) is 32.7 Å². The summed E-state index contributed by atoms with van der Waals surface area (Å²) in [4.78, 5) is 52.5. The normalized spacial score (nSPS) is 12.0. The molecule has 43 heavy (non-hydrogen) atoms. The summed E-state index contributed by atoms with van der Waals surface area (Å²) in [6.45, 7) is -0.287. The van der Waals surface area contributed by atoms with Crippen LogP contribution in [0.3, 0.4) is 0 Å². The molecule has 17 heteroatoms. The summed E-state index contributed by atoms with van der Waals surface area (Å²) >= 11 is 13.2. The standard InChI is InChI=1S/C26H19Cl2N3O10S2/c27-15-2-1-3-16(28)22(15)19-11-29-25(41-19)23(35)17(9-21(33)34)31-24(36)20-7-4-12(42-20)10-30-43(39,40)13-5-6-18(32)14(8-13)26(37)38/h1-8,11,17,30,32H,9-10H2,(H,31,36)(H,33,34)(H,37,38)/t17-/m0/s1. The van der Waals surface area contributed by atoms with E-state index in [0.717, 1.165) is 29.5 Å². The van der Waals surface area contributed by atoms with Crippen LogP contribution in [0.1, 0.15) is 42.0 Å². The number of aromatic hydroxyl groups is 1. The molecular formula is C26H19Cl2N3O10S2. The van der Waals surface area contributed by atoms with Crippen molar-refractivity contribution in [3.63, 3.8) is 0 Å². The number of thiophene rings is 1. The predicted molar refractivity (Wildman–Crippen MR) is 153 cm³/mol. The molecule has 2 aromatic carbocycles. The third-order valence-corrected chi connectivity index (χ3v) is 8.87. The first kappa shape index (κ1) is 31.7. The molecule has 0 saturated heterocycles. The van der Waals surface area contributed by atoms with Crippen molar-refractivity contribution in [2.75, 3.05) is 0 Å². The molecule has 0 spiro atoms. The summed E-state index contributed by atoms with van der Waals surface area (Å²) in [7, 11) is -4.20.